The zero-order valence-corrected chi connectivity index (χ0v) is 15.6. The number of hydrogen-bond donors (Lipinski definition) is 0. The van der Waals surface area contributed by atoms with E-state index < -0.39 is 0 Å². The van der Waals surface area contributed by atoms with Crippen molar-refractivity contribution in [2.45, 2.75) is 52.2 Å². The van der Waals surface area contributed by atoms with Crippen LogP contribution in [0.25, 0.3) is 10.9 Å². The Morgan fingerprint density at radius 1 is 1.38 bits per heavy atom. The van der Waals surface area contributed by atoms with E-state index in [0.717, 1.165) is 48.9 Å². The second-order valence-electron chi connectivity index (χ2n) is 6.59. The van der Waals surface area contributed by atoms with Crippen LogP contribution in [0.2, 0.25) is 0 Å². The molecule has 3 rings (SSSR count). The quantitative estimate of drug-likeness (QED) is 0.664. The first-order valence-electron chi connectivity index (χ1n) is 9.61. The molecule has 1 aromatic heterocycles. The maximum atomic E-state index is 11.9. The van der Waals surface area contributed by atoms with Gasteiger partial charge in [-0.3, -0.25) is 4.79 Å². The summed E-state index contributed by atoms with van der Waals surface area (Å²) in [5.74, 6) is 0.537. The molecular weight excluding hydrogens is 332 g/mol. The van der Waals surface area contributed by atoms with Gasteiger partial charge in [-0.15, -0.1) is 0 Å². The molecule has 2 aromatic rings. The molecule has 2 unspecified atom stereocenters. The minimum absolute atomic E-state index is 0.00443. The Hall–Kier alpha value is -2.08. The number of carbonyl (C=O) groups is 1. The average molecular weight is 360 g/mol. The summed E-state index contributed by atoms with van der Waals surface area (Å²) in [6, 6.07) is 5.96. The Morgan fingerprint density at radius 2 is 2.27 bits per heavy atom. The van der Waals surface area contributed by atoms with Gasteiger partial charge in [-0.1, -0.05) is 13.0 Å². The monoisotopic (exact) mass is 360 g/mol. The molecule has 2 atom stereocenters. The Labute approximate surface area is 154 Å². The van der Waals surface area contributed by atoms with Gasteiger partial charge < -0.3 is 14.2 Å². The summed E-state index contributed by atoms with van der Waals surface area (Å²) < 4.78 is 18.9. The number of fused-ring (bicyclic) bond motifs is 1. The van der Waals surface area contributed by atoms with E-state index in [0.29, 0.717) is 19.6 Å². The van der Waals surface area contributed by atoms with Gasteiger partial charge in [0.05, 0.1) is 36.2 Å². The minimum atomic E-state index is -0.140. The summed E-state index contributed by atoms with van der Waals surface area (Å²) in [7, 11) is 0. The van der Waals surface area contributed by atoms with Gasteiger partial charge in [0.1, 0.15) is 5.75 Å². The summed E-state index contributed by atoms with van der Waals surface area (Å²) in [6.07, 6.45) is 6.50. The van der Waals surface area contributed by atoms with Gasteiger partial charge >= 0.3 is 5.97 Å². The maximum absolute atomic E-state index is 11.9. The fourth-order valence-corrected chi connectivity index (χ4v) is 3.38. The molecule has 1 saturated heterocycles. The molecule has 6 heteroatoms. The number of nitrogens with zero attached hydrogens (tertiary/aromatic N) is 2. The van der Waals surface area contributed by atoms with Crippen LogP contribution in [0.5, 0.6) is 5.75 Å². The summed E-state index contributed by atoms with van der Waals surface area (Å²) >= 11 is 0. The zero-order valence-electron chi connectivity index (χ0n) is 15.6. The summed E-state index contributed by atoms with van der Waals surface area (Å²) in [5.41, 5.74) is 1.02. The van der Waals surface area contributed by atoms with Gasteiger partial charge in [-0.05, 0) is 51.2 Å². The third-order valence-electron chi connectivity index (χ3n) is 4.87. The highest BCUT2D eigenvalue weighted by Crippen LogP contribution is 2.30. The van der Waals surface area contributed by atoms with Crippen LogP contribution in [0, 0.1) is 5.92 Å². The molecule has 1 aromatic carbocycles. The Bertz CT molecular complexity index is 722. The van der Waals surface area contributed by atoms with Crippen molar-refractivity contribution in [2.75, 3.05) is 19.8 Å². The number of carbonyl (C=O) groups excluding carboxylic acids is 1. The molecular formula is C20H28N2O4. The van der Waals surface area contributed by atoms with Crippen molar-refractivity contribution in [3.63, 3.8) is 0 Å². The predicted octanol–water partition coefficient (Wildman–Crippen LogP) is 4.09. The van der Waals surface area contributed by atoms with Crippen molar-refractivity contribution in [3.8, 4) is 5.75 Å². The summed E-state index contributed by atoms with van der Waals surface area (Å²) in [4.78, 5) is 11.9. The Balaban J connectivity index is 1.67. The topological polar surface area (TPSA) is 62.6 Å². The molecule has 0 amide bonds. The van der Waals surface area contributed by atoms with Gasteiger partial charge in [0.25, 0.3) is 0 Å². The van der Waals surface area contributed by atoms with Gasteiger partial charge in [-0.25, -0.2) is 4.68 Å². The SMILES string of the molecule is CCOC(=O)C(CC)CCOc1cccc2c1cnn2C1CCCCO1. The highest BCUT2D eigenvalue weighted by molar-refractivity contribution is 5.85. The lowest BCUT2D eigenvalue weighted by molar-refractivity contribution is -0.148. The summed E-state index contributed by atoms with van der Waals surface area (Å²) in [6.45, 7) is 5.50. The molecule has 1 fully saturated rings. The van der Waals surface area contributed by atoms with Crippen LogP contribution in [0.1, 0.15) is 52.2 Å². The molecule has 26 heavy (non-hydrogen) atoms. The normalized spacial score (nSPS) is 18.6. The van der Waals surface area contributed by atoms with Crippen LogP contribution in [0.3, 0.4) is 0 Å². The molecule has 6 nitrogen and oxygen atoms in total. The van der Waals surface area contributed by atoms with Crippen molar-refractivity contribution in [1.29, 1.82) is 0 Å². The molecule has 0 saturated carbocycles. The standard InChI is InChI=1S/C20H28N2O4/c1-3-15(20(23)24-4-2)11-13-25-18-9-7-8-17-16(18)14-21-22(17)19-10-5-6-12-26-19/h7-9,14-15,19H,3-6,10-13H2,1-2H3. The smallest absolute Gasteiger partial charge is 0.309 e. The lowest BCUT2D eigenvalue weighted by atomic mass is 10.0. The van der Waals surface area contributed by atoms with Crippen molar-refractivity contribution < 1.29 is 19.0 Å². The summed E-state index contributed by atoms with van der Waals surface area (Å²) in [5, 5.41) is 5.51. The van der Waals surface area contributed by atoms with Crippen LogP contribution >= 0.6 is 0 Å². The van der Waals surface area contributed by atoms with Gasteiger partial charge in [-0.2, -0.15) is 5.10 Å². The molecule has 1 aliphatic rings. The minimum Gasteiger partial charge on any atom is -0.493 e. The largest absolute Gasteiger partial charge is 0.493 e. The lowest BCUT2D eigenvalue weighted by Gasteiger charge is -2.23. The van der Waals surface area contributed by atoms with Crippen molar-refractivity contribution >= 4 is 16.9 Å². The van der Waals surface area contributed by atoms with E-state index in [1.807, 2.05) is 42.9 Å². The van der Waals surface area contributed by atoms with E-state index in [1.54, 1.807) is 0 Å². The molecule has 0 aliphatic carbocycles. The van der Waals surface area contributed by atoms with Gasteiger partial charge in [0.2, 0.25) is 0 Å². The molecule has 0 spiro atoms. The van der Waals surface area contributed by atoms with E-state index in [4.69, 9.17) is 14.2 Å². The van der Waals surface area contributed by atoms with Crippen LogP contribution in [-0.4, -0.2) is 35.6 Å². The molecule has 0 radical (unpaired) electrons. The molecule has 0 bridgehead atoms. The van der Waals surface area contributed by atoms with Crippen LogP contribution in [0.15, 0.2) is 24.4 Å². The van der Waals surface area contributed by atoms with E-state index in [-0.39, 0.29) is 18.1 Å². The van der Waals surface area contributed by atoms with E-state index in [2.05, 4.69) is 5.10 Å². The van der Waals surface area contributed by atoms with E-state index in [1.165, 1.54) is 0 Å². The van der Waals surface area contributed by atoms with Crippen molar-refractivity contribution in [3.05, 3.63) is 24.4 Å². The first-order chi connectivity index (χ1) is 12.7. The first-order valence-corrected chi connectivity index (χ1v) is 9.61. The van der Waals surface area contributed by atoms with Crippen LogP contribution < -0.4 is 4.74 Å². The first kappa shape index (κ1) is 18.7. The fourth-order valence-electron chi connectivity index (χ4n) is 3.38. The second-order valence-corrected chi connectivity index (χ2v) is 6.59. The number of ether oxygens (including phenoxy) is 3. The molecule has 1 aliphatic heterocycles. The van der Waals surface area contributed by atoms with Crippen LogP contribution in [0.4, 0.5) is 0 Å². The van der Waals surface area contributed by atoms with Crippen molar-refractivity contribution in [1.82, 2.24) is 9.78 Å². The van der Waals surface area contributed by atoms with E-state index >= 15 is 0 Å². The third kappa shape index (κ3) is 4.18. The van der Waals surface area contributed by atoms with Gasteiger partial charge in [0.15, 0.2) is 6.23 Å². The predicted molar refractivity (Wildman–Crippen MR) is 99.1 cm³/mol. The number of esters is 1. The number of rotatable bonds is 8. The molecule has 142 valence electrons. The fraction of sp³-hybridized carbons (Fsp3) is 0.600. The zero-order chi connectivity index (χ0) is 18.4. The number of hydrogen-bond acceptors (Lipinski definition) is 5. The molecule has 0 N–H and O–H groups in total. The Kier molecular flexibility index (Phi) is 6.50. The lowest BCUT2D eigenvalue weighted by Crippen LogP contribution is -2.19. The highest BCUT2D eigenvalue weighted by Gasteiger charge is 2.20. The molecule has 2 heterocycles. The number of benzene rings is 1. The second kappa shape index (κ2) is 9.03. The average Bonchev–Trinajstić information content (AvgIpc) is 3.11. The maximum Gasteiger partial charge on any atom is 0.309 e. The highest BCUT2D eigenvalue weighted by atomic mass is 16.5. The Morgan fingerprint density at radius 3 is 3.00 bits per heavy atom. The number of aromatic nitrogens is 2. The van der Waals surface area contributed by atoms with Gasteiger partial charge in [0, 0.05) is 6.61 Å². The van der Waals surface area contributed by atoms with Crippen molar-refractivity contribution in [2.24, 2.45) is 5.92 Å². The third-order valence-corrected chi connectivity index (χ3v) is 4.87. The van der Waals surface area contributed by atoms with E-state index in [9.17, 15) is 4.79 Å². The van der Waals surface area contributed by atoms with Crippen LogP contribution in [-0.2, 0) is 14.3 Å².